The first-order valence-electron chi connectivity index (χ1n) is 12.6. The number of halogens is 1. The average Bonchev–Trinajstić information content (AvgIpc) is 3.43. The van der Waals surface area contributed by atoms with E-state index in [1.54, 1.807) is 49.4 Å². The summed E-state index contributed by atoms with van der Waals surface area (Å²) in [5, 5.41) is 32.7. The van der Waals surface area contributed by atoms with Crippen LogP contribution in [0.2, 0.25) is 5.02 Å². The number of hydrogen-bond acceptors (Lipinski definition) is 7. The smallest absolute Gasteiger partial charge is 0.328 e. The van der Waals surface area contributed by atoms with Gasteiger partial charge in [-0.05, 0) is 61.9 Å². The molecule has 2 heterocycles. The van der Waals surface area contributed by atoms with Crippen LogP contribution in [0.5, 0.6) is 5.75 Å². The van der Waals surface area contributed by atoms with Gasteiger partial charge in [-0.3, -0.25) is 19.0 Å². The molecule has 0 aliphatic carbocycles. The number of carboxylic acids is 1. The van der Waals surface area contributed by atoms with Gasteiger partial charge < -0.3 is 30.3 Å². The van der Waals surface area contributed by atoms with Crippen LogP contribution in [-0.4, -0.2) is 86.4 Å². The summed E-state index contributed by atoms with van der Waals surface area (Å²) >= 11 is 5.99. The molecular weight excluding hydrogens is 542 g/mol. The molecule has 11 nitrogen and oxygen atoms in total. The van der Waals surface area contributed by atoms with Crippen LogP contribution in [0.25, 0.3) is 10.9 Å². The Hall–Kier alpha value is -3.93. The first kappa shape index (κ1) is 29.1. The van der Waals surface area contributed by atoms with Crippen molar-refractivity contribution in [1.82, 2.24) is 14.8 Å². The van der Waals surface area contributed by atoms with Crippen molar-refractivity contribution in [3.63, 3.8) is 0 Å². The van der Waals surface area contributed by atoms with Crippen LogP contribution >= 0.6 is 11.6 Å². The zero-order chi connectivity index (χ0) is 29.3. The molecule has 1 aromatic heterocycles. The van der Waals surface area contributed by atoms with Crippen molar-refractivity contribution < 1.29 is 39.2 Å². The number of nitrogens with one attached hydrogen (secondary N) is 1. The van der Waals surface area contributed by atoms with E-state index in [9.17, 15) is 34.5 Å². The fourth-order valence-corrected chi connectivity index (χ4v) is 5.15. The van der Waals surface area contributed by atoms with Gasteiger partial charge in [0, 0.05) is 34.6 Å². The molecule has 4 rings (SSSR count). The summed E-state index contributed by atoms with van der Waals surface area (Å²) in [6.07, 6.45) is -2.67. The largest absolute Gasteiger partial charge is 0.497 e. The lowest BCUT2D eigenvalue weighted by Crippen LogP contribution is -2.54. The Morgan fingerprint density at radius 3 is 2.42 bits per heavy atom. The topological polar surface area (TPSA) is 158 Å². The highest BCUT2D eigenvalue weighted by atomic mass is 35.5. The third-order valence-electron chi connectivity index (χ3n) is 7.11. The van der Waals surface area contributed by atoms with Crippen LogP contribution in [0.15, 0.2) is 42.5 Å². The number of nitrogens with zero attached hydrogens (tertiary/aromatic N) is 2. The van der Waals surface area contributed by atoms with E-state index in [1.165, 1.54) is 23.5 Å². The quantitative estimate of drug-likeness (QED) is 0.318. The summed E-state index contributed by atoms with van der Waals surface area (Å²) in [5.41, 5.74) is 1.99. The molecule has 1 fully saturated rings. The molecule has 12 heteroatoms. The third kappa shape index (κ3) is 5.67. The summed E-state index contributed by atoms with van der Waals surface area (Å²) in [6.45, 7) is 2.81. The van der Waals surface area contributed by atoms with Crippen molar-refractivity contribution in [3.8, 4) is 5.75 Å². The maximum Gasteiger partial charge on any atom is 0.328 e. The number of aliphatic hydroxyl groups is 2. The number of fused-ring (bicyclic) bond motifs is 1. The second-order valence-electron chi connectivity index (χ2n) is 9.79. The highest BCUT2D eigenvalue weighted by Crippen LogP contribution is 2.32. The molecule has 0 spiro atoms. The highest BCUT2D eigenvalue weighted by molar-refractivity contribution is 6.30. The fraction of sp³-hybridized carbons (Fsp3) is 0.357. The molecule has 1 saturated heterocycles. The van der Waals surface area contributed by atoms with Crippen molar-refractivity contribution in [2.45, 2.75) is 51.0 Å². The molecule has 3 aromatic rings. The zero-order valence-electron chi connectivity index (χ0n) is 22.1. The van der Waals surface area contributed by atoms with E-state index in [2.05, 4.69) is 5.32 Å². The minimum absolute atomic E-state index is 0.0899. The summed E-state index contributed by atoms with van der Waals surface area (Å²) in [4.78, 5) is 52.7. The zero-order valence-corrected chi connectivity index (χ0v) is 22.9. The number of hydrogen-bond donors (Lipinski definition) is 4. The number of aromatic nitrogens is 1. The lowest BCUT2D eigenvalue weighted by Gasteiger charge is -2.26. The molecule has 2 amide bonds. The number of carbonyl (C=O) groups excluding carboxylic acids is 3. The molecule has 1 aliphatic rings. The molecule has 2 aromatic carbocycles. The second kappa shape index (κ2) is 11.7. The van der Waals surface area contributed by atoms with Crippen molar-refractivity contribution in [2.75, 3.05) is 13.7 Å². The van der Waals surface area contributed by atoms with Gasteiger partial charge in [0.25, 0.3) is 5.91 Å². The van der Waals surface area contributed by atoms with Crippen LogP contribution < -0.4 is 10.1 Å². The van der Waals surface area contributed by atoms with Crippen molar-refractivity contribution in [2.24, 2.45) is 0 Å². The number of ether oxygens (including phenoxy) is 1. The van der Waals surface area contributed by atoms with Crippen molar-refractivity contribution >= 4 is 46.2 Å². The molecular formula is C28H30ClN3O8. The number of benzene rings is 2. The summed E-state index contributed by atoms with van der Waals surface area (Å²) < 4.78 is 6.87. The van der Waals surface area contributed by atoms with Gasteiger partial charge in [-0.2, -0.15) is 0 Å². The molecule has 1 aliphatic heterocycles. The summed E-state index contributed by atoms with van der Waals surface area (Å²) in [7, 11) is 1.50. The Labute approximate surface area is 234 Å². The normalized spacial score (nSPS) is 18.4. The molecule has 0 saturated carbocycles. The van der Waals surface area contributed by atoms with Crippen LogP contribution in [0, 0.1) is 6.92 Å². The van der Waals surface area contributed by atoms with Gasteiger partial charge in [-0.1, -0.05) is 11.6 Å². The van der Waals surface area contributed by atoms with Gasteiger partial charge in [0.05, 0.1) is 31.3 Å². The number of rotatable bonds is 8. The Kier molecular flexibility index (Phi) is 8.48. The maximum absolute atomic E-state index is 13.6. The van der Waals surface area contributed by atoms with E-state index in [0.29, 0.717) is 38.5 Å². The predicted octanol–water partition coefficient (Wildman–Crippen LogP) is 1.75. The minimum Gasteiger partial charge on any atom is -0.497 e. The van der Waals surface area contributed by atoms with Crippen LogP contribution in [0.1, 0.15) is 35.0 Å². The number of aliphatic carboxylic acids is 1. The Balaban J connectivity index is 1.69. The molecule has 0 unspecified atom stereocenters. The summed E-state index contributed by atoms with van der Waals surface area (Å²) in [6, 6.07) is 8.88. The van der Waals surface area contributed by atoms with E-state index < -0.39 is 42.1 Å². The van der Waals surface area contributed by atoms with Gasteiger partial charge >= 0.3 is 5.97 Å². The maximum atomic E-state index is 13.6. The lowest BCUT2D eigenvalue weighted by molar-refractivity contribution is -0.146. The lowest BCUT2D eigenvalue weighted by atomic mass is 10.1. The molecule has 4 atom stereocenters. The van der Waals surface area contributed by atoms with E-state index in [-0.39, 0.29) is 25.3 Å². The number of carbonyl (C=O) groups is 4. The monoisotopic (exact) mass is 571 g/mol. The highest BCUT2D eigenvalue weighted by Gasteiger charge is 2.41. The standard InChI is InChI=1S/C28H30ClN3O8/c1-14-20(12-24(35)31-13-18(34)10-23(31)26(36)30-25(15(2)33)28(38)39)21-11-19(40-3)8-9-22(21)32(14)27(37)16-4-6-17(29)7-5-16/h4-9,11,15,18,23,25,33-34H,10,12-13H2,1-3H3,(H,30,36)(H,38,39)/t15-,18-,23+,25+/m1/s1. The number of carboxylic acid groups (broad SMARTS) is 1. The molecule has 0 radical (unpaired) electrons. The van der Waals surface area contributed by atoms with Gasteiger partial charge in [-0.25, -0.2) is 4.79 Å². The van der Waals surface area contributed by atoms with Crippen LogP contribution in [0.4, 0.5) is 0 Å². The number of β-amino-alcohol motifs (C(OH)–C–C–N with tert-alkyl or cyclic N) is 1. The van der Waals surface area contributed by atoms with Crippen LogP contribution in [0.3, 0.4) is 0 Å². The number of amides is 2. The molecule has 4 N–H and O–H groups in total. The number of aliphatic hydroxyl groups excluding tert-OH is 2. The van der Waals surface area contributed by atoms with Crippen LogP contribution in [-0.2, 0) is 20.8 Å². The van der Waals surface area contributed by atoms with Crippen molar-refractivity contribution in [3.05, 3.63) is 64.3 Å². The number of likely N-dealkylation sites (tertiary alicyclic amines) is 1. The molecule has 40 heavy (non-hydrogen) atoms. The molecule has 0 bridgehead atoms. The third-order valence-corrected chi connectivity index (χ3v) is 7.36. The minimum atomic E-state index is -1.58. The van der Waals surface area contributed by atoms with E-state index in [0.717, 1.165) is 0 Å². The number of methoxy groups -OCH3 is 1. The average molecular weight is 572 g/mol. The first-order chi connectivity index (χ1) is 18.9. The van der Waals surface area contributed by atoms with Crippen molar-refractivity contribution in [1.29, 1.82) is 0 Å². The first-order valence-corrected chi connectivity index (χ1v) is 13.0. The Morgan fingerprint density at radius 2 is 1.82 bits per heavy atom. The van der Waals surface area contributed by atoms with E-state index >= 15 is 0 Å². The van der Waals surface area contributed by atoms with Gasteiger partial charge in [0.1, 0.15) is 11.8 Å². The molecule has 212 valence electrons. The van der Waals surface area contributed by atoms with E-state index in [4.69, 9.17) is 16.3 Å². The Bertz CT molecular complexity index is 1470. The fourth-order valence-electron chi connectivity index (χ4n) is 5.02. The SMILES string of the molecule is COc1ccc2c(c1)c(CC(=O)N1C[C@H](O)C[C@H]1C(=O)N[C@H](C(=O)O)[C@@H](C)O)c(C)n2C(=O)c1ccc(Cl)cc1. The Morgan fingerprint density at radius 1 is 1.15 bits per heavy atom. The van der Waals surface area contributed by atoms with Gasteiger partial charge in [-0.15, -0.1) is 0 Å². The predicted molar refractivity (Wildman–Crippen MR) is 145 cm³/mol. The second-order valence-corrected chi connectivity index (χ2v) is 10.2. The van der Waals surface area contributed by atoms with Gasteiger partial charge in [0.2, 0.25) is 11.8 Å². The van der Waals surface area contributed by atoms with Gasteiger partial charge in [0.15, 0.2) is 6.04 Å². The summed E-state index contributed by atoms with van der Waals surface area (Å²) in [5.74, 6) is -2.53. The van der Waals surface area contributed by atoms with E-state index in [1.807, 2.05) is 0 Å².